The van der Waals surface area contributed by atoms with E-state index in [9.17, 15) is 8.42 Å². The van der Waals surface area contributed by atoms with Gasteiger partial charge in [0.1, 0.15) is 0 Å². The third-order valence-electron chi connectivity index (χ3n) is 3.76. The zero-order chi connectivity index (χ0) is 14.8. The lowest BCUT2D eigenvalue weighted by Gasteiger charge is -2.29. The second kappa shape index (κ2) is 6.65. The second-order valence-electron chi connectivity index (χ2n) is 5.16. The zero-order valence-corrected chi connectivity index (χ0v) is 13.7. The number of hydrogen-bond acceptors (Lipinski definition) is 3. The summed E-state index contributed by atoms with van der Waals surface area (Å²) in [4.78, 5) is 0.161. The molecule has 2 rings (SSSR count). The molecule has 1 aliphatic rings. The lowest BCUT2D eigenvalue weighted by atomic mass is 9.95. The number of sulfone groups is 1. The quantitative estimate of drug-likeness (QED) is 0.912. The number of rotatable bonds is 4. The van der Waals surface area contributed by atoms with Gasteiger partial charge in [-0.1, -0.05) is 36.5 Å². The molecule has 1 fully saturated rings. The summed E-state index contributed by atoms with van der Waals surface area (Å²) < 4.78 is 25.5. The van der Waals surface area contributed by atoms with Crippen molar-refractivity contribution < 1.29 is 8.42 Å². The topological polar surface area (TPSA) is 46.2 Å². The molecule has 0 heterocycles. The lowest BCUT2D eigenvalue weighted by molar-refractivity contribution is 0.377. The molecule has 0 aliphatic heterocycles. The summed E-state index contributed by atoms with van der Waals surface area (Å²) in [5, 5.41) is 3.61. The summed E-state index contributed by atoms with van der Waals surface area (Å²) in [5.74, 6) is 0. The monoisotopic (exact) mass is 335 g/mol. The first-order chi connectivity index (χ1) is 9.45. The molecule has 0 aromatic heterocycles. The molecule has 1 saturated carbocycles. The molecular weight excluding hydrogens is 317 g/mol. The lowest BCUT2D eigenvalue weighted by Crippen LogP contribution is -2.39. The van der Waals surface area contributed by atoms with E-state index in [0.29, 0.717) is 17.9 Å². The molecule has 0 spiro atoms. The van der Waals surface area contributed by atoms with Crippen LogP contribution < -0.4 is 5.32 Å². The second-order valence-corrected chi connectivity index (χ2v) is 8.20. The van der Waals surface area contributed by atoms with Crippen molar-refractivity contribution in [2.24, 2.45) is 0 Å². The third-order valence-corrected chi connectivity index (χ3v) is 6.69. The first kappa shape index (κ1) is 16.1. The SMILES string of the molecule is CCNC1CCCC(S(=O)(=O)c2cc(Cl)ccc2Cl)C1. The van der Waals surface area contributed by atoms with Gasteiger partial charge in [-0.15, -0.1) is 0 Å². The molecule has 112 valence electrons. The maximum Gasteiger partial charge on any atom is 0.182 e. The van der Waals surface area contributed by atoms with E-state index in [2.05, 4.69) is 5.32 Å². The molecule has 1 N–H and O–H groups in total. The summed E-state index contributed by atoms with van der Waals surface area (Å²) in [5.41, 5.74) is 0. The van der Waals surface area contributed by atoms with Gasteiger partial charge in [0.25, 0.3) is 0 Å². The first-order valence-electron chi connectivity index (χ1n) is 6.87. The standard InChI is InChI=1S/C14H19Cl2NO2S/c1-2-17-11-4-3-5-12(9-11)20(18,19)14-8-10(15)6-7-13(14)16/h6-8,11-12,17H,2-5,9H2,1H3. The van der Waals surface area contributed by atoms with Crippen molar-refractivity contribution in [1.29, 1.82) is 0 Å². The van der Waals surface area contributed by atoms with Crippen LogP contribution in [0.3, 0.4) is 0 Å². The zero-order valence-electron chi connectivity index (χ0n) is 11.4. The number of benzene rings is 1. The molecule has 20 heavy (non-hydrogen) atoms. The average molecular weight is 336 g/mol. The fourth-order valence-corrected chi connectivity index (χ4v) is 5.41. The predicted octanol–water partition coefficient (Wildman–Crippen LogP) is 3.69. The van der Waals surface area contributed by atoms with Crippen LogP contribution in [-0.4, -0.2) is 26.3 Å². The fourth-order valence-electron chi connectivity index (χ4n) is 2.78. The van der Waals surface area contributed by atoms with Crippen LogP contribution in [0.15, 0.2) is 23.1 Å². The summed E-state index contributed by atoms with van der Waals surface area (Å²) in [7, 11) is -3.42. The van der Waals surface area contributed by atoms with Crippen LogP contribution >= 0.6 is 23.2 Å². The maximum absolute atomic E-state index is 12.7. The van der Waals surface area contributed by atoms with E-state index < -0.39 is 9.84 Å². The fraction of sp³-hybridized carbons (Fsp3) is 0.571. The number of nitrogens with one attached hydrogen (secondary N) is 1. The van der Waals surface area contributed by atoms with Crippen LogP contribution in [0.5, 0.6) is 0 Å². The summed E-state index contributed by atoms with van der Waals surface area (Å²) in [6.45, 7) is 2.89. The number of halogens is 2. The van der Waals surface area contributed by atoms with E-state index in [-0.39, 0.29) is 21.2 Å². The Hall–Kier alpha value is -0.290. The van der Waals surface area contributed by atoms with E-state index in [0.717, 1.165) is 19.4 Å². The van der Waals surface area contributed by atoms with Gasteiger partial charge in [-0.05, 0) is 44.0 Å². The molecular formula is C14H19Cl2NO2S. The molecule has 3 nitrogen and oxygen atoms in total. The summed E-state index contributed by atoms with van der Waals surface area (Å²) in [6, 6.07) is 4.87. The van der Waals surface area contributed by atoms with Gasteiger partial charge in [0.05, 0.1) is 15.2 Å². The normalized spacial score (nSPS) is 23.8. The van der Waals surface area contributed by atoms with E-state index in [1.807, 2.05) is 6.92 Å². The van der Waals surface area contributed by atoms with Gasteiger partial charge >= 0.3 is 0 Å². The molecule has 0 bridgehead atoms. The van der Waals surface area contributed by atoms with Gasteiger partial charge in [-0.3, -0.25) is 0 Å². The van der Waals surface area contributed by atoms with E-state index >= 15 is 0 Å². The van der Waals surface area contributed by atoms with Crippen molar-refractivity contribution in [1.82, 2.24) is 5.32 Å². The Labute approximate surface area is 130 Å². The molecule has 1 aromatic rings. The third kappa shape index (κ3) is 3.48. The highest BCUT2D eigenvalue weighted by Gasteiger charge is 2.34. The highest BCUT2D eigenvalue weighted by Crippen LogP contribution is 2.33. The van der Waals surface area contributed by atoms with Crippen LogP contribution in [0.4, 0.5) is 0 Å². The van der Waals surface area contributed by atoms with Crippen LogP contribution in [-0.2, 0) is 9.84 Å². The van der Waals surface area contributed by atoms with Gasteiger partial charge < -0.3 is 5.32 Å². The van der Waals surface area contributed by atoms with Crippen LogP contribution in [0.1, 0.15) is 32.6 Å². The van der Waals surface area contributed by atoms with Crippen molar-refractivity contribution in [3.05, 3.63) is 28.2 Å². The van der Waals surface area contributed by atoms with Crippen molar-refractivity contribution in [2.75, 3.05) is 6.54 Å². The van der Waals surface area contributed by atoms with E-state index in [4.69, 9.17) is 23.2 Å². The minimum atomic E-state index is -3.42. The average Bonchev–Trinajstić information content (AvgIpc) is 2.42. The molecule has 2 atom stereocenters. The van der Waals surface area contributed by atoms with Gasteiger partial charge in [-0.25, -0.2) is 8.42 Å². The van der Waals surface area contributed by atoms with Gasteiger partial charge in [0, 0.05) is 11.1 Å². The molecule has 0 amide bonds. The van der Waals surface area contributed by atoms with Gasteiger partial charge in [-0.2, -0.15) is 0 Å². The smallest absolute Gasteiger partial charge is 0.182 e. The van der Waals surface area contributed by atoms with E-state index in [1.54, 1.807) is 12.1 Å². The Morgan fingerprint density at radius 1 is 1.30 bits per heavy atom. The van der Waals surface area contributed by atoms with Crippen molar-refractivity contribution in [2.45, 2.75) is 48.8 Å². The predicted molar refractivity (Wildman–Crippen MR) is 83.4 cm³/mol. The van der Waals surface area contributed by atoms with Gasteiger partial charge in [0.2, 0.25) is 0 Å². The van der Waals surface area contributed by atoms with Crippen LogP contribution in [0.25, 0.3) is 0 Å². The Morgan fingerprint density at radius 2 is 2.05 bits per heavy atom. The van der Waals surface area contributed by atoms with Crippen molar-refractivity contribution in [3.8, 4) is 0 Å². The number of hydrogen-bond donors (Lipinski definition) is 1. The van der Waals surface area contributed by atoms with Crippen molar-refractivity contribution in [3.63, 3.8) is 0 Å². The molecule has 1 aliphatic carbocycles. The molecule has 0 radical (unpaired) electrons. The minimum Gasteiger partial charge on any atom is -0.314 e. The molecule has 2 unspecified atom stereocenters. The minimum absolute atomic E-state index is 0.161. The van der Waals surface area contributed by atoms with Crippen LogP contribution in [0.2, 0.25) is 10.0 Å². The Morgan fingerprint density at radius 3 is 2.75 bits per heavy atom. The van der Waals surface area contributed by atoms with Gasteiger partial charge in [0.15, 0.2) is 9.84 Å². The largest absolute Gasteiger partial charge is 0.314 e. The Balaban J connectivity index is 2.27. The highest BCUT2D eigenvalue weighted by molar-refractivity contribution is 7.92. The van der Waals surface area contributed by atoms with E-state index in [1.165, 1.54) is 6.07 Å². The maximum atomic E-state index is 12.7. The van der Waals surface area contributed by atoms with Crippen LogP contribution in [0, 0.1) is 0 Å². The highest BCUT2D eigenvalue weighted by atomic mass is 35.5. The first-order valence-corrected chi connectivity index (χ1v) is 9.17. The molecule has 0 saturated heterocycles. The Kier molecular flexibility index (Phi) is 5.35. The summed E-state index contributed by atoms with van der Waals surface area (Å²) in [6.07, 6.45) is 3.27. The van der Waals surface area contributed by atoms with Crippen molar-refractivity contribution >= 4 is 33.0 Å². The Bertz CT molecular complexity index is 573. The molecule has 6 heteroatoms. The molecule has 1 aromatic carbocycles. The summed E-state index contributed by atoms with van der Waals surface area (Å²) >= 11 is 11.9.